The van der Waals surface area contributed by atoms with Crippen molar-refractivity contribution in [1.29, 1.82) is 0 Å². The maximum atomic E-state index is 12.1. The van der Waals surface area contributed by atoms with Gasteiger partial charge in [-0.1, -0.05) is 0 Å². The first-order valence-corrected chi connectivity index (χ1v) is 8.98. The van der Waals surface area contributed by atoms with E-state index in [4.69, 9.17) is 0 Å². The standard InChI is InChI=1S/C13H18N4O2S2/c1-3-14-13-5-4-12(8-15-13)21(18,19)16-7-6-11-9-20-10(2)17-11/h4-5,8-9,16H,3,6-7H2,1-2H3,(H,14,15). The molecule has 0 saturated carbocycles. The van der Waals surface area contributed by atoms with Crippen molar-refractivity contribution in [3.05, 3.63) is 34.4 Å². The van der Waals surface area contributed by atoms with Gasteiger partial charge in [0.25, 0.3) is 0 Å². The largest absolute Gasteiger partial charge is 0.370 e. The van der Waals surface area contributed by atoms with E-state index in [9.17, 15) is 8.42 Å². The van der Waals surface area contributed by atoms with Gasteiger partial charge in [0.05, 0.1) is 10.7 Å². The summed E-state index contributed by atoms with van der Waals surface area (Å²) in [7, 11) is -3.52. The minimum Gasteiger partial charge on any atom is -0.370 e. The van der Waals surface area contributed by atoms with Crippen molar-refractivity contribution in [3.8, 4) is 0 Å². The normalized spacial score (nSPS) is 11.5. The lowest BCUT2D eigenvalue weighted by molar-refractivity contribution is 0.581. The Balaban J connectivity index is 1.94. The van der Waals surface area contributed by atoms with Crippen LogP contribution >= 0.6 is 11.3 Å². The predicted octanol–water partition coefficient (Wildman–Crippen LogP) is 1.80. The molecule has 0 aliphatic rings. The molecule has 2 rings (SSSR count). The first kappa shape index (κ1) is 15.9. The molecule has 0 spiro atoms. The molecule has 0 aromatic carbocycles. The summed E-state index contributed by atoms with van der Waals surface area (Å²) < 4.78 is 26.8. The summed E-state index contributed by atoms with van der Waals surface area (Å²) in [5, 5.41) is 5.94. The van der Waals surface area contributed by atoms with E-state index in [1.807, 2.05) is 19.2 Å². The van der Waals surface area contributed by atoms with Crippen LogP contribution < -0.4 is 10.0 Å². The van der Waals surface area contributed by atoms with Crippen LogP contribution in [0.15, 0.2) is 28.6 Å². The minimum atomic E-state index is -3.52. The topological polar surface area (TPSA) is 84.0 Å². The molecule has 2 heterocycles. The number of anilines is 1. The van der Waals surface area contributed by atoms with Gasteiger partial charge in [-0.25, -0.2) is 23.1 Å². The second-order valence-corrected chi connectivity index (χ2v) is 7.24. The van der Waals surface area contributed by atoms with Crippen molar-refractivity contribution in [2.75, 3.05) is 18.4 Å². The monoisotopic (exact) mass is 326 g/mol. The zero-order chi connectivity index (χ0) is 15.3. The molecule has 0 saturated heterocycles. The van der Waals surface area contributed by atoms with Crippen LogP contribution in [0.5, 0.6) is 0 Å². The number of rotatable bonds is 7. The van der Waals surface area contributed by atoms with Crippen molar-refractivity contribution in [2.24, 2.45) is 0 Å². The highest BCUT2D eigenvalue weighted by molar-refractivity contribution is 7.89. The Bertz CT molecular complexity index is 680. The SMILES string of the molecule is CCNc1ccc(S(=O)(=O)NCCc2csc(C)n2)cn1. The van der Waals surface area contributed by atoms with Crippen molar-refractivity contribution in [2.45, 2.75) is 25.2 Å². The van der Waals surface area contributed by atoms with Gasteiger partial charge in [-0.05, 0) is 26.0 Å². The summed E-state index contributed by atoms with van der Waals surface area (Å²) in [6.45, 7) is 4.94. The van der Waals surface area contributed by atoms with Gasteiger partial charge >= 0.3 is 0 Å². The third-order valence-electron chi connectivity index (χ3n) is 2.74. The summed E-state index contributed by atoms with van der Waals surface area (Å²) >= 11 is 1.56. The van der Waals surface area contributed by atoms with Crippen molar-refractivity contribution in [3.63, 3.8) is 0 Å². The molecule has 0 amide bonds. The fourth-order valence-electron chi connectivity index (χ4n) is 1.74. The number of nitrogens with one attached hydrogen (secondary N) is 2. The van der Waals surface area contributed by atoms with E-state index in [-0.39, 0.29) is 4.90 Å². The molecule has 0 atom stereocenters. The molecule has 114 valence electrons. The van der Waals surface area contributed by atoms with Crippen LogP contribution in [0.1, 0.15) is 17.6 Å². The van der Waals surface area contributed by atoms with E-state index in [1.165, 1.54) is 6.20 Å². The zero-order valence-corrected chi connectivity index (χ0v) is 13.6. The van der Waals surface area contributed by atoms with Crippen molar-refractivity contribution >= 4 is 27.2 Å². The summed E-state index contributed by atoms with van der Waals surface area (Å²) in [6.07, 6.45) is 1.93. The number of nitrogens with zero attached hydrogens (tertiary/aromatic N) is 2. The van der Waals surface area contributed by atoms with Gasteiger partial charge in [-0.2, -0.15) is 0 Å². The van der Waals surface area contributed by atoms with Crippen LogP contribution in [-0.4, -0.2) is 31.5 Å². The highest BCUT2D eigenvalue weighted by Gasteiger charge is 2.14. The Morgan fingerprint density at radius 2 is 2.14 bits per heavy atom. The summed E-state index contributed by atoms with van der Waals surface area (Å²) in [5.74, 6) is 0.661. The molecule has 0 fully saturated rings. The fourth-order valence-corrected chi connectivity index (χ4v) is 3.37. The number of aryl methyl sites for hydroxylation is 1. The maximum absolute atomic E-state index is 12.1. The van der Waals surface area contributed by atoms with Crippen LogP contribution in [0.4, 0.5) is 5.82 Å². The molecule has 8 heteroatoms. The van der Waals surface area contributed by atoms with E-state index in [2.05, 4.69) is 20.0 Å². The quantitative estimate of drug-likeness (QED) is 0.810. The third-order valence-corrected chi connectivity index (χ3v) is 5.01. The maximum Gasteiger partial charge on any atom is 0.242 e. The first-order valence-electron chi connectivity index (χ1n) is 6.62. The van der Waals surface area contributed by atoms with Crippen molar-refractivity contribution < 1.29 is 8.42 Å². The summed E-state index contributed by atoms with van der Waals surface area (Å²) in [4.78, 5) is 8.53. The fraction of sp³-hybridized carbons (Fsp3) is 0.385. The Hall–Kier alpha value is -1.51. The van der Waals surface area contributed by atoms with E-state index >= 15 is 0 Å². The number of thiazole rings is 1. The molecule has 0 bridgehead atoms. The Kier molecular flexibility index (Phi) is 5.27. The lowest BCUT2D eigenvalue weighted by Gasteiger charge is -2.07. The van der Waals surface area contributed by atoms with Crippen molar-refractivity contribution in [1.82, 2.24) is 14.7 Å². The van der Waals surface area contributed by atoms with Gasteiger partial charge in [0.1, 0.15) is 10.7 Å². The number of hydrogen-bond donors (Lipinski definition) is 2. The molecular formula is C13H18N4O2S2. The highest BCUT2D eigenvalue weighted by Crippen LogP contribution is 2.11. The molecule has 6 nitrogen and oxygen atoms in total. The molecule has 0 unspecified atom stereocenters. The second kappa shape index (κ2) is 6.97. The molecule has 21 heavy (non-hydrogen) atoms. The van der Waals surface area contributed by atoms with Crippen LogP contribution in [0.2, 0.25) is 0 Å². The molecule has 0 aliphatic heterocycles. The lowest BCUT2D eigenvalue weighted by Crippen LogP contribution is -2.26. The number of aromatic nitrogens is 2. The van der Waals surface area contributed by atoms with Crippen LogP contribution in [0.3, 0.4) is 0 Å². The Morgan fingerprint density at radius 3 is 2.71 bits per heavy atom. The Labute approximate surface area is 128 Å². The van der Waals surface area contributed by atoms with E-state index < -0.39 is 10.0 Å². The van der Waals surface area contributed by atoms with Gasteiger partial charge in [0, 0.05) is 31.1 Å². The number of sulfonamides is 1. The third kappa shape index (κ3) is 4.48. The van der Waals surface area contributed by atoms with Gasteiger partial charge in [0.2, 0.25) is 10.0 Å². The minimum absolute atomic E-state index is 0.165. The molecule has 0 radical (unpaired) electrons. The highest BCUT2D eigenvalue weighted by atomic mass is 32.2. The van der Waals surface area contributed by atoms with E-state index in [0.29, 0.717) is 18.8 Å². The smallest absolute Gasteiger partial charge is 0.242 e. The van der Waals surface area contributed by atoms with Crippen LogP contribution in [-0.2, 0) is 16.4 Å². The second-order valence-electron chi connectivity index (χ2n) is 4.42. The summed E-state index contributed by atoms with van der Waals surface area (Å²) in [6, 6.07) is 3.20. The molecule has 0 aliphatic carbocycles. The Morgan fingerprint density at radius 1 is 1.33 bits per heavy atom. The molecule has 2 N–H and O–H groups in total. The number of hydrogen-bond acceptors (Lipinski definition) is 6. The van der Waals surface area contributed by atoms with Gasteiger partial charge in [0.15, 0.2) is 0 Å². The predicted molar refractivity (Wildman–Crippen MR) is 84.1 cm³/mol. The van der Waals surface area contributed by atoms with Gasteiger partial charge in [-0.15, -0.1) is 11.3 Å². The number of pyridine rings is 1. The average Bonchev–Trinajstić information content (AvgIpc) is 2.85. The molecular weight excluding hydrogens is 308 g/mol. The van der Waals surface area contributed by atoms with Gasteiger partial charge < -0.3 is 5.32 Å². The van der Waals surface area contributed by atoms with Gasteiger partial charge in [-0.3, -0.25) is 0 Å². The molecule has 2 aromatic heterocycles. The van der Waals surface area contributed by atoms with Crippen LogP contribution in [0, 0.1) is 6.92 Å². The average molecular weight is 326 g/mol. The van der Waals surface area contributed by atoms with Crippen LogP contribution in [0.25, 0.3) is 0 Å². The lowest BCUT2D eigenvalue weighted by atomic mass is 10.3. The first-order chi connectivity index (χ1) is 10.0. The molecule has 2 aromatic rings. The van der Waals surface area contributed by atoms with E-state index in [0.717, 1.165) is 17.2 Å². The zero-order valence-electron chi connectivity index (χ0n) is 12.0. The van der Waals surface area contributed by atoms with E-state index in [1.54, 1.807) is 23.5 Å². The summed E-state index contributed by atoms with van der Waals surface area (Å²) in [5.41, 5.74) is 0.904.